The van der Waals surface area contributed by atoms with Crippen LogP contribution >= 0.6 is 0 Å². The molecule has 0 spiro atoms. The van der Waals surface area contributed by atoms with E-state index in [0.29, 0.717) is 11.5 Å². The summed E-state index contributed by atoms with van der Waals surface area (Å²) in [7, 11) is 0. The second kappa shape index (κ2) is 6.86. The summed E-state index contributed by atoms with van der Waals surface area (Å²) in [5.41, 5.74) is 3.48. The zero-order chi connectivity index (χ0) is 18.1. The molecule has 1 atom stereocenters. The van der Waals surface area contributed by atoms with Gasteiger partial charge < -0.3 is 9.47 Å². The Morgan fingerprint density at radius 3 is 2.92 bits per heavy atom. The van der Waals surface area contributed by atoms with Crippen LogP contribution < -0.4 is 0 Å². The summed E-state index contributed by atoms with van der Waals surface area (Å²) in [6.07, 6.45) is 5.37. The molecule has 1 aliphatic rings. The number of hydrogen-bond acceptors (Lipinski definition) is 4. The first-order valence-corrected chi connectivity index (χ1v) is 9.17. The molecule has 1 saturated heterocycles. The molecule has 26 heavy (non-hydrogen) atoms. The summed E-state index contributed by atoms with van der Waals surface area (Å²) in [6.45, 7) is 6.46. The van der Waals surface area contributed by atoms with Crippen molar-refractivity contribution in [2.45, 2.75) is 33.2 Å². The van der Waals surface area contributed by atoms with E-state index < -0.39 is 0 Å². The monoisotopic (exact) mass is 349 g/mol. The lowest BCUT2D eigenvalue weighted by molar-refractivity contribution is 0.0786. The van der Waals surface area contributed by atoms with E-state index in [4.69, 9.17) is 4.98 Å². The fourth-order valence-electron chi connectivity index (χ4n) is 3.71. The third-order valence-corrected chi connectivity index (χ3v) is 5.10. The Morgan fingerprint density at radius 2 is 2.15 bits per heavy atom. The number of hydrogen-bond donors (Lipinski definition) is 0. The molecule has 0 radical (unpaired) electrons. The number of aryl methyl sites for hydroxylation is 2. The first kappa shape index (κ1) is 16.7. The molecule has 0 aromatic carbocycles. The van der Waals surface area contributed by atoms with Gasteiger partial charge in [0.1, 0.15) is 11.3 Å². The van der Waals surface area contributed by atoms with E-state index in [1.165, 1.54) is 0 Å². The Labute approximate surface area is 152 Å². The molecule has 1 aliphatic heterocycles. The van der Waals surface area contributed by atoms with E-state index in [2.05, 4.69) is 21.5 Å². The fraction of sp³-hybridized carbons (Fsp3) is 0.400. The molecule has 6 nitrogen and oxygen atoms in total. The van der Waals surface area contributed by atoms with Crippen LogP contribution in [0.5, 0.6) is 0 Å². The topological polar surface area (TPSA) is 63.9 Å². The van der Waals surface area contributed by atoms with Gasteiger partial charge >= 0.3 is 0 Å². The number of likely N-dealkylation sites (tertiary alicyclic amines) is 1. The predicted molar refractivity (Wildman–Crippen MR) is 99.9 cm³/mol. The highest BCUT2D eigenvalue weighted by Gasteiger charge is 2.28. The summed E-state index contributed by atoms with van der Waals surface area (Å²) in [4.78, 5) is 28.1. The largest absolute Gasteiger partial charge is 0.338 e. The van der Waals surface area contributed by atoms with Crippen LogP contribution in [-0.2, 0) is 13.0 Å². The molecule has 0 aliphatic carbocycles. The smallest absolute Gasteiger partial charge is 0.255 e. The van der Waals surface area contributed by atoms with Gasteiger partial charge in [0.05, 0.1) is 5.56 Å². The maximum Gasteiger partial charge on any atom is 0.255 e. The fourth-order valence-corrected chi connectivity index (χ4v) is 3.71. The highest BCUT2D eigenvalue weighted by molar-refractivity contribution is 5.94. The summed E-state index contributed by atoms with van der Waals surface area (Å²) < 4.78 is 2.18. The highest BCUT2D eigenvalue weighted by Crippen LogP contribution is 2.24. The molecule has 3 aromatic heterocycles. The number of amides is 1. The Bertz CT molecular complexity index is 931. The standard InChI is InChI=1S/C20H23N5O/c1-3-25-18(23-17-5-4-9-21-19(17)25)11-15-8-10-24(13-15)20(26)16-7-6-14(2)22-12-16/h4-7,9,12,15H,3,8,10-11,13H2,1-2H3. The van der Waals surface area contributed by atoms with E-state index in [9.17, 15) is 4.79 Å². The molecule has 1 unspecified atom stereocenters. The number of aromatic nitrogens is 4. The molecule has 134 valence electrons. The second-order valence-electron chi connectivity index (χ2n) is 6.92. The molecule has 0 saturated carbocycles. The third kappa shape index (κ3) is 3.07. The number of imidazole rings is 1. The average Bonchev–Trinajstić information content (AvgIpc) is 3.26. The van der Waals surface area contributed by atoms with E-state index in [0.717, 1.165) is 55.2 Å². The average molecular weight is 349 g/mol. The van der Waals surface area contributed by atoms with Gasteiger partial charge in [-0.1, -0.05) is 0 Å². The number of rotatable bonds is 4. The van der Waals surface area contributed by atoms with Crippen LogP contribution in [0.3, 0.4) is 0 Å². The van der Waals surface area contributed by atoms with Crippen LogP contribution in [0.15, 0.2) is 36.7 Å². The van der Waals surface area contributed by atoms with Gasteiger partial charge in [-0.3, -0.25) is 9.78 Å². The van der Waals surface area contributed by atoms with Crippen LogP contribution in [0, 0.1) is 12.8 Å². The van der Waals surface area contributed by atoms with Crippen molar-refractivity contribution in [1.29, 1.82) is 0 Å². The number of nitrogens with zero attached hydrogens (tertiary/aromatic N) is 5. The molecule has 6 heteroatoms. The Morgan fingerprint density at radius 1 is 1.27 bits per heavy atom. The summed E-state index contributed by atoms with van der Waals surface area (Å²) in [5, 5.41) is 0. The van der Waals surface area contributed by atoms with Gasteiger partial charge in [0, 0.05) is 44.1 Å². The third-order valence-electron chi connectivity index (χ3n) is 5.10. The van der Waals surface area contributed by atoms with Gasteiger partial charge in [-0.2, -0.15) is 0 Å². The van der Waals surface area contributed by atoms with Gasteiger partial charge in [-0.25, -0.2) is 9.97 Å². The molecule has 1 amide bonds. The zero-order valence-corrected chi connectivity index (χ0v) is 15.2. The molecule has 4 heterocycles. The zero-order valence-electron chi connectivity index (χ0n) is 15.2. The summed E-state index contributed by atoms with van der Waals surface area (Å²) in [6, 6.07) is 7.68. The van der Waals surface area contributed by atoms with Crippen molar-refractivity contribution in [3.05, 3.63) is 53.7 Å². The highest BCUT2D eigenvalue weighted by atomic mass is 16.2. The van der Waals surface area contributed by atoms with Gasteiger partial charge in [0.25, 0.3) is 5.91 Å². The van der Waals surface area contributed by atoms with Crippen molar-refractivity contribution in [2.75, 3.05) is 13.1 Å². The summed E-state index contributed by atoms with van der Waals surface area (Å²) in [5.74, 6) is 1.57. The maximum absolute atomic E-state index is 12.7. The first-order valence-electron chi connectivity index (χ1n) is 9.17. The molecule has 3 aromatic rings. The Balaban J connectivity index is 1.48. The van der Waals surface area contributed by atoms with Crippen LogP contribution in [-0.4, -0.2) is 43.4 Å². The molecular formula is C20H23N5O. The molecule has 0 N–H and O–H groups in total. The van der Waals surface area contributed by atoms with E-state index in [1.807, 2.05) is 42.3 Å². The number of carbonyl (C=O) groups is 1. The van der Waals surface area contributed by atoms with Gasteiger partial charge in [-0.15, -0.1) is 0 Å². The first-order chi connectivity index (χ1) is 12.7. The van der Waals surface area contributed by atoms with Gasteiger partial charge in [0.15, 0.2) is 5.65 Å². The predicted octanol–water partition coefficient (Wildman–Crippen LogP) is 2.86. The number of fused-ring (bicyclic) bond motifs is 1. The lowest BCUT2D eigenvalue weighted by atomic mass is 10.0. The SMILES string of the molecule is CCn1c(CC2CCN(C(=O)c3ccc(C)nc3)C2)nc2cccnc21. The van der Waals surface area contributed by atoms with Crippen LogP contribution in [0.4, 0.5) is 0 Å². The summed E-state index contributed by atoms with van der Waals surface area (Å²) >= 11 is 0. The van der Waals surface area contributed by atoms with Crippen molar-refractivity contribution >= 4 is 17.1 Å². The van der Waals surface area contributed by atoms with Crippen molar-refractivity contribution < 1.29 is 4.79 Å². The molecule has 4 rings (SSSR count). The minimum absolute atomic E-state index is 0.0747. The molecule has 1 fully saturated rings. The lowest BCUT2D eigenvalue weighted by Crippen LogP contribution is -2.29. The van der Waals surface area contributed by atoms with Crippen LogP contribution in [0.2, 0.25) is 0 Å². The molecule has 0 bridgehead atoms. The minimum Gasteiger partial charge on any atom is -0.338 e. The number of carbonyl (C=O) groups excluding carboxylic acids is 1. The minimum atomic E-state index is 0.0747. The lowest BCUT2D eigenvalue weighted by Gasteiger charge is -2.16. The quantitative estimate of drug-likeness (QED) is 0.726. The van der Waals surface area contributed by atoms with Crippen molar-refractivity contribution in [3.8, 4) is 0 Å². The van der Waals surface area contributed by atoms with Crippen LogP contribution in [0.25, 0.3) is 11.2 Å². The van der Waals surface area contributed by atoms with E-state index >= 15 is 0 Å². The van der Waals surface area contributed by atoms with E-state index in [-0.39, 0.29) is 5.91 Å². The second-order valence-corrected chi connectivity index (χ2v) is 6.92. The van der Waals surface area contributed by atoms with Gasteiger partial charge in [-0.05, 0) is 50.5 Å². The Kier molecular flexibility index (Phi) is 4.41. The number of pyridine rings is 2. The van der Waals surface area contributed by atoms with Crippen LogP contribution in [0.1, 0.15) is 35.2 Å². The van der Waals surface area contributed by atoms with E-state index in [1.54, 1.807) is 6.20 Å². The molecular weight excluding hydrogens is 326 g/mol. The van der Waals surface area contributed by atoms with Gasteiger partial charge in [0.2, 0.25) is 0 Å². The van der Waals surface area contributed by atoms with Crippen molar-refractivity contribution in [2.24, 2.45) is 5.92 Å². The normalized spacial score (nSPS) is 17.2. The van der Waals surface area contributed by atoms with Crippen molar-refractivity contribution in [1.82, 2.24) is 24.4 Å². The van der Waals surface area contributed by atoms with Crippen molar-refractivity contribution in [3.63, 3.8) is 0 Å². The Hall–Kier alpha value is -2.76. The maximum atomic E-state index is 12.7.